The van der Waals surface area contributed by atoms with E-state index in [9.17, 15) is 9.50 Å². The highest BCUT2D eigenvalue weighted by Crippen LogP contribution is 2.43. The number of aliphatic hydroxyl groups excluding tert-OH is 1. The van der Waals surface area contributed by atoms with Gasteiger partial charge in [0.05, 0.1) is 22.9 Å². The lowest BCUT2D eigenvalue weighted by Gasteiger charge is -2.30. The average Bonchev–Trinajstić information content (AvgIpc) is 3.41. The second-order valence-electron chi connectivity index (χ2n) is 8.45. The van der Waals surface area contributed by atoms with E-state index in [0.717, 1.165) is 29.4 Å². The number of ether oxygens (including phenoxy) is 1. The predicted octanol–water partition coefficient (Wildman–Crippen LogP) is 4.44. The van der Waals surface area contributed by atoms with E-state index in [1.165, 1.54) is 6.07 Å². The van der Waals surface area contributed by atoms with Gasteiger partial charge < -0.3 is 9.84 Å². The zero-order chi connectivity index (χ0) is 22.6. The van der Waals surface area contributed by atoms with Crippen molar-refractivity contribution >= 4 is 23.2 Å². The molecule has 32 heavy (non-hydrogen) atoms. The first-order chi connectivity index (χ1) is 15.3. The standard InChI is InChI=1S/C23H23Cl2FN4O2/c1-12-27-28-13(2)30(12)15-3-4-22(19(25)9-15)32-23-18-7-14(24)8-20(26)17(18)10-21(23)29-6-5-16(31)11-29/h3-4,7-9,16,21,23,31H,5-6,10-11H2,1-2H3/t16-,21+,23-/m1/s1. The minimum atomic E-state index is -0.453. The summed E-state index contributed by atoms with van der Waals surface area (Å²) < 4.78 is 23.0. The molecule has 0 bridgehead atoms. The third-order valence-electron chi connectivity index (χ3n) is 6.34. The van der Waals surface area contributed by atoms with Crippen LogP contribution in [0.25, 0.3) is 5.69 Å². The van der Waals surface area contributed by atoms with E-state index in [4.69, 9.17) is 27.9 Å². The van der Waals surface area contributed by atoms with E-state index in [1.54, 1.807) is 6.07 Å². The summed E-state index contributed by atoms with van der Waals surface area (Å²) >= 11 is 12.8. The Morgan fingerprint density at radius 1 is 1.12 bits per heavy atom. The maximum absolute atomic E-state index is 14.7. The smallest absolute Gasteiger partial charge is 0.140 e. The number of halogens is 3. The molecule has 5 rings (SSSR count). The molecule has 2 aromatic carbocycles. The lowest BCUT2D eigenvalue weighted by Crippen LogP contribution is -2.39. The summed E-state index contributed by atoms with van der Waals surface area (Å²) in [6, 6.07) is 8.50. The van der Waals surface area contributed by atoms with Crippen LogP contribution in [0.5, 0.6) is 5.75 Å². The molecule has 1 aliphatic heterocycles. The van der Waals surface area contributed by atoms with Crippen LogP contribution in [-0.4, -0.2) is 50.0 Å². The summed E-state index contributed by atoms with van der Waals surface area (Å²) in [5.41, 5.74) is 2.17. The quantitative estimate of drug-likeness (QED) is 0.602. The topological polar surface area (TPSA) is 63.4 Å². The average molecular weight is 477 g/mol. The fourth-order valence-electron chi connectivity index (χ4n) is 4.85. The molecule has 0 unspecified atom stereocenters. The van der Waals surface area contributed by atoms with Crippen LogP contribution < -0.4 is 4.74 Å². The van der Waals surface area contributed by atoms with Gasteiger partial charge in [-0.15, -0.1) is 10.2 Å². The summed E-state index contributed by atoms with van der Waals surface area (Å²) in [4.78, 5) is 2.16. The van der Waals surface area contributed by atoms with Crippen LogP contribution >= 0.6 is 23.2 Å². The number of hydrogen-bond acceptors (Lipinski definition) is 5. The Bertz CT molecular complexity index is 1170. The molecule has 1 aliphatic carbocycles. The fraction of sp³-hybridized carbons (Fsp3) is 0.391. The maximum Gasteiger partial charge on any atom is 0.140 e. The van der Waals surface area contributed by atoms with Crippen LogP contribution in [0.1, 0.15) is 35.3 Å². The summed E-state index contributed by atoms with van der Waals surface area (Å²) in [5.74, 6) is 1.69. The molecule has 0 saturated carbocycles. The van der Waals surface area contributed by atoms with Crippen molar-refractivity contribution in [3.05, 3.63) is 69.0 Å². The van der Waals surface area contributed by atoms with Gasteiger partial charge in [0.1, 0.15) is 29.3 Å². The fourth-order valence-corrected chi connectivity index (χ4v) is 5.28. The number of rotatable bonds is 4. The SMILES string of the molecule is Cc1nnc(C)n1-c1ccc(O[C@@H]2c3cc(Cl)cc(F)c3C[C@@H]2N2CC[C@@H](O)C2)c(Cl)c1. The van der Waals surface area contributed by atoms with Crippen molar-refractivity contribution in [2.24, 2.45) is 0 Å². The molecular formula is C23H23Cl2FN4O2. The van der Waals surface area contributed by atoms with Crippen molar-refractivity contribution in [3.63, 3.8) is 0 Å². The normalized spacial score (nSPS) is 23.0. The van der Waals surface area contributed by atoms with Gasteiger partial charge >= 0.3 is 0 Å². The molecule has 3 aromatic rings. The van der Waals surface area contributed by atoms with Crippen molar-refractivity contribution in [1.29, 1.82) is 0 Å². The second-order valence-corrected chi connectivity index (χ2v) is 9.29. The molecule has 2 heterocycles. The molecule has 6 nitrogen and oxygen atoms in total. The molecule has 168 valence electrons. The lowest BCUT2D eigenvalue weighted by molar-refractivity contribution is 0.0818. The summed E-state index contributed by atoms with van der Waals surface area (Å²) in [6.07, 6.45) is 0.344. The number of β-amino-alcohol motifs (C(OH)–C–C–N with tert-alkyl or cyclic N) is 1. The summed E-state index contributed by atoms with van der Waals surface area (Å²) in [5, 5.41) is 19.0. The first-order valence-corrected chi connectivity index (χ1v) is 11.3. The zero-order valence-corrected chi connectivity index (χ0v) is 19.2. The number of likely N-dealkylation sites (tertiary alicyclic amines) is 1. The number of benzene rings is 2. The summed E-state index contributed by atoms with van der Waals surface area (Å²) in [6.45, 7) is 5.02. The highest BCUT2D eigenvalue weighted by atomic mass is 35.5. The van der Waals surface area contributed by atoms with Crippen molar-refractivity contribution in [1.82, 2.24) is 19.7 Å². The van der Waals surface area contributed by atoms with E-state index >= 15 is 0 Å². The van der Waals surface area contributed by atoms with Crippen molar-refractivity contribution < 1.29 is 14.2 Å². The number of hydrogen-bond donors (Lipinski definition) is 1. The van der Waals surface area contributed by atoms with E-state index in [0.29, 0.717) is 40.7 Å². The number of aromatic nitrogens is 3. The molecule has 1 saturated heterocycles. The molecule has 3 atom stereocenters. The molecule has 0 amide bonds. The van der Waals surface area contributed by atoms with Gasteiger partial charge in [-0.1, -0.05) is 23.2 Å². The zero-order valence-electron chi connectivity index (χ0n) is 17.7. The molecule has 0 spiro atoms. The minimum Gasteiger partial charge on any atom is -0.482 e. The van der Waals surface area contributed by atoms with Gasteiger partial charge in [0.2, 0.25) is 0 Å². The van der Waals surface area contributed by atoms with Crippen LogP contribution in [0.3, 0.4) is 0 Å². The van der Waals surface area contributed by atoms with E-state index < -0.39 is 6.10 Å². The van der Waals surface area contributed by atoms with Crippen LogP contribution in [0.15, 0.2) is 30.3 Å². The third-order valence-corrected chi connectivity index (χ3v) is 6.86. The number of fused-ring (bicyclic) bond motifs is 1. The molecule has 9 heteroatoms. The van der Waals surface area contributed by atoms with Crippen LogP contribution in [0, 0.1) is 19.7 Å². The van der Waals surface area contributed by atoms with E-state index in [2.05, 4.69) is 15.1 Å². The predicted molar refractivity (Wildman–Crippen MR) is 120 cm³/mol. The summed E-state index contributed by atoms with van der Waals surface area (Å²) in [7, 11) is 0. The van der Waals surface area contributed by atoms with Gasteiger partial charge in [0, 0.05) is 23.7 Å². The Kier molecular flexibility index (Phi) is 5.61. The van der Waals surface area contributed by atoms with Crippen molar-refractivity contribution in [2.45, 2.75) is 44.9 Å². The van der Waals surface area contributed by atoms with Crippen molar-refractivity contribution in [2.75, 3.05) is 13.1 Å². The van der Waals surface area contributed by atoms with Crippen molar-refractivity contribution in [3.8, 4) is 11.4 Å². The molecule has 1 fully saturated rings. The van der Waals surface area contributed by atoms with Crippen LogP contribution in [-0.2, 0) is 6.42 Å². The minimum absolute atomic E-state index is 0.117. The molecule has 2 aliphatic rings. The van der Waals surface area contributed by atoms with Gasteiger partial charge in [-0.2, -0.15) is 0 Å². The van der Waals surface area contributed by atoms with Gasteiger partial charge in [0.25, 0.3) is 0 Å². The first-order valence-electron chi connectivity index (χ1n) is 10.6. The highest BCUT2D eigenvalue weighted by molar-refractivity contribution is 6.32. The number of nitrogens with zero attached hydrogens (tertiary/aromatic N) is 4. The Hall–Kier alpha value is -2.19. The maximum atomic E-state index is 14.7. The van der Waals surface area contributed by atoms with Crippen LogP contribution in [0.2, 0.25) is 10.0 Å². The largest absolute Gasteiger partial charge is 0.482 e. The van der Waals surface area contributed by atoms with Gasteiger partial charge in [-0.05, 0) is 62.6 Å². The van der Waals surface area contributed by atoms with E-state index in [1.807, 2.05) is 36.6 Å². The van der Waals surface area contributed by atoms with Gasteiger partial charge in [-0.3, -0.25) is 9.47 Å². The second kappa shape index (κ2) is 8.30. The van der Waals surface area contributed by atoms with E-state index in [-0.39, 0.29) is 18.0 Å². The lowest BCUT2D eigenvalue weighted by atomic mass is 10.1. The third kappa shape index (κ3) is 3.77. The highest BCUT2D eigenvalue weighted by Gasteiger charge is 2.42. The Labute approximate surface area is 195 Å². The molecular weight excluding hydrogens is 454 g/mol. The Balaban J connectivity index is 1.50. The van der Waals surface area contributed by atoms with Crippen LogP contribution in [0.4, 0.5) is 4.39 Å². The van der Waals surface area contributed by atoms with Gasteiger partial charge in [0.15, 0.2) is 0 Å². The monoisotopic (exact) mass is 476 g/mol. The number of aryl methyl sites for hydroxylation is 2. The Morgan fingerprint density at radius 3 is 2.53 bits per heavy atom. The molecule has 1 N–H and O–H groups in total. The Morgan fingerprint density at radius 2 is 1.88 bits per heavy atom. The van der Waals surface area contributed by atoms with Gasteiger partial charge in [-0.25, -0.2) is 4.39 Å². The first kappa shape index (κ1) is 21.6. The molecule has 0 radical (unpaired) electrons. The molecule has 1 aromatic heterocycles. The number of aliphatic hydroxyl groups is 1.